The Bertz CT molecular complexity index is 1170. The molecule has 1 aliphatic carbocycles. The maximum Gasteiger partial charge on any atom is 0.228 e. The molecule has 0 spiro atoms. The van der Waals surface area contributed by atoms with Gasteiger partial charge in [-0.15, -0.1) is 0 Å². The Morgan fingerprint density at radius 2 is 1.82 bits per heavy atom. The summed E-state index contributed by atoms with van der Waals surface area (Å²) in [6.45, 7) is 3.02. The van der Waals surface area contributed by atoms with Gasteiger partial charge in [0, 0.05) is 30.6 Å². The summed E-state index contributed by atoms with van der Waals surface area (Å²) in [4.78, 5) is 15.6. The van der Waals surface area contributed by atoms with Gasteiger partial charge in [-0.2, -0.15) is 5.26 Å². The molecule has 5 rings (SSSR count). The molecule has 5 heteroatoms. The Balaban J connectivity index is 1.21. The Kier molecular flexibility index (Phi) is 6.69. The Morgan fingerprint density at radius 1 is 1.03 bits per heavy atom. The quantitative estimate of drug-likeness (QED) is 0.558. The summed E-state index contributed by atoms with van der Waals surface area (Å²) >= 11 is 0. The Labute approximate surface area is 201 Å². The van der Waals surface area contributed by atoms with Gasteiger partial charge in [0.25, 0.3) is 0 Å². The summed E-state index contributed by atoms with van der Waals surface area (Å²) in [7, 11) is 0. The van der Waals surface area contributed by atoms with Crippen molar-refractivity contribution in [1.82, 2.24) is 10.2 Å². The van der Waals surface area contributed by atoms with Gasteiger partial charge in [0.1, 0.15) is 11.3 Å². The largest absolute Gasteiger partial charge is 0.461 e. The molecule has 0 radical (unpaired) electrons. The molecule has 176 valence electrons. The van der Waals surface area contributed by atoms with Gasteiger partial charge in [-0.05, 0) is 67.5 Å². The predicted molar refractivity (Wildman–Crippen MR) is 133 cm³/mol. The highest BCUT2D eigenvalue weighted by Crippen LogP contribution is 2.32. The lowest BCUT2D eigenvalue weighted by molar-refractivity contribution is -0.123. The van der Waals surface area contributed by atoms with Crippen LogP contribution in [0.5, 0.6) is 0 Å². The van der Waals surface area contributed by atoms with E-state index in [1.54, 1.807) is 0 Å². The van der Waals surface area contributed by atoms with Gasteiger partial charge >= 0.3 is 0 Å². The van der Waals surface area contributed by atoms with E-state index in [0.717, 1.165) is 74.0 Å². The number of rotatable bonds is 6. The molecule has 1 amide bonds. The molecule has 1 fully saturated rings. The second-order valence-corrected chi connectivity index (χ2v) is 10.0. The van der Waals surface area contributed by atoms with Crippen molar-refractivity contribution in [3.8, 4) is 6.07 Å². The van der Waals surface area contributed by atoms with Gasteiger partial charge in [0.15, 0.2) is 0 Å². The van der Waals surface area contributed by atoms with E-state index in [1.807, 2.05) is 36.4 Å². The molecule has 2 aromatic carbocycles. The lowest BCUT2D eigenvalue weighted by atomic mass is 9.79. The zero-order valence-electron chi connectivity index (χ0n) is 19.8. The van der Waals surface area contributed by atoms with Crippen molar-refractivity contribution >= 4 is 16.9 Å². The normalized spacial score (nSPS) is 18.1. The van der Waals surface area contributed by atoms with Crippen molar-refractivity contribution in [3.63, 3.8) is 0 Å². The van der Waals surface area contributed by atoms with Crippen LogP contribution in [0, 0.1) is 11.3 Å². The second kappa shape index (κ2) is 10.0. The van der Waals surface area contributed by atoms with Crippen LogP contribution in [0.15, 0.2) is 52.9 Å². The van der Waals surface area contributed by atoms with Crippen LogP contribution < -0.4 is 5.32 Å². The highest BCUT2D eigenvalue weighted by molar-refractivity contribution is 5.82. The third-order valence-electron chi connectivity index (χ3n) is 7.66. The molecule has 0 bridgehead atoms. The molecule has 34 heavy (non-hydrogen) atoms. The van der Waals surface area contributed by atoms with Crippen LogP contribution in [-0.4, -0.2) is 36.0 Å². The predicted octanol–water partition coefficient (Wildman–Crippen LogP) is 5.16. The van der Waals surface area contributed by atoms with Crippen LogP contribution in [0.2, 0.25) is 0 Å². The zero-order chi connectivity index (χ0) is 23.4. The first-order chi connectivity index (χ1) is 16.6. The van der Waals surface area contributed by atoms with Crippen LogP contribution in [0.3, 0.4) is 0 Å². The summed E-state index contributed by atoms with van der Waals surface area (Å²) in [6, 6.07) is 18.3. The first kappa shape index (κ1) is 22.7. The summed E-state index contributed by atoms with van der Waals surface area (Å²) < 4.78 is 5.89. The van der Waals surface area contributed by atoms with Crippen molar-refractivity contribution in [3.05, 3.63) is 71.0 Å². The molecule has 3 aromatic rings. The number of carbonyl (C=O) groups excluding carboxylic acids is 1. The van der Waals surface area contributed by atoms with Crippen molar-refractivity contribution in [2.24, 2.45) is 0 Å². The first-order valence-electron chi connectivity index (χ1n) is 12.7. The monoisotopic (exact) mass is 455 g/mol. The number of benzene rings is 2. The van der Waals surface area contributed by atoms with Gasteiger partial charge < -0.3 is 14.6 Å². The fourth-order valence-electron chi connectivity index (χ4n) is 5.72. The SMILES string of the molecule is N#Cc1ccc2c(c1)CCN(CCC1(NC(=O)Cc3cc4ccccc4o3)CCCCC1)CC2. The van der Waals surface area contributed by atoms with E-state index in [2.05, 4.69) is 28.4 Å². The van der Waals surface area contributed by atoms with E-state index in [4.69, 9.17) is 4.42 Å². The van der Waals surface area contributed by atoms with Crippen LogP contribution in [-0.2, 0) is 24.1 Å². The number of fused-ring (bicyclic) bond motifs is 2. The summed E-state index contributed by atoms with van der Waals surface area (Å²) in [6.07, 6.45) is 8.98. The van der Waals surface area contributed by atoms with Gasteiger partial charge in [-0.1, -0.05) is 43.5 Å². The molecule has 0 unspecified atom stereocenters. The number of nitrogens with zero attached hydrogens (tertiary/aromatic N) is 2. The third kappa shape index (κ3) is 5.18. The molecule has 1 N–H and O–H groups in total. The summed E-state index contributed by atoms with van der Waals surface area (Å²) in [5, 5.41) is 13.7. The molecule has 2 aliphatic rings. The van der Waals surface area contributed by atoms with E-state index in [-0.39, 0.29) is 17.9 Å². The van der Waals surface area contributed by atoms with Gasteiger partial charge in [0.2, 0.25) is 5.91 Å². The molecule has 1 aliphatic heterocycles. The van der Waals surface area contributed by atoms with E-state index >= 15 is 0 Å². The molecule has 1 aromatic heterocycles. The van der Waals surface area contributed by atoms with Crippen LogP contribution in [0.1, 0.15) is 61.0 Å². The highest BCUT2D eigenvalue weighted by Gasteiger charge is 2.34. The summed E-state index contributed by atoms with van der Waals surface area (Å²) in [5.74, 6) is 0.792. The van der Waals surface area contributed by atoms with Gasteiger partial charge in [0.05, 0.1) is 18.1 Å². The topological polar surface area (TPSA) is 69.3 Å². The number of nitrogens with one attached hydrogen (secondary N) is 1. The van der Waals surface area contributed by atoms with E-state index < -0.39 is 0 Å². The minimum atomic E-state index is -0.117. The van der Waals surface area contributed by atoms with Crippen LogP contribution >= 0.6 is 0 Å². The number of carbonyl (C=O) groups is 1. The number of hydrogen-bond donors (Lipinski definition) is 1. The maximum atomic E-state index is 13.1. The average Bonchev–Trinajstić information content (AvgIpc) is 3.14. The smallest absolute Gasteiger partial charge is 0.228 e. The van der Waals surface area contributed by atoms with Crippen molar-refractivity contribution in [2.75, 3.05) is 19.6 Å². The lowest BCUT2D eigenvalue weighted by Crippen LogP contribution is -2.52. The van der Waals surface area contributed by atoms with Crippen LogP contribution in [0.25, 0.3) is 11.0 Å². The molecular formula is C29H33N3O2. The minimum absolute atomic E-state index is 0.0632. The molecular weight excluding hydrogens is 422 g/mol. The molecule has 5 nitrogen and oxygen atoms in total. The van der Waals surface area contributed by atoms with E-state index in [1.165, 1.54) is 30.4 Å². The highest BCUT2D eigenvalue weighted by atomic mass is 16.3. The Hall–Kier alpha value is -3.10. The first-order valence-corrected chi connectivity index (χ1v) is 12.7. The standard InChI is InChI=1S/C29H33N3O2/c30-21-22-8-9-23-10-15-32(16-11-24(23)18-22)17-14-29(12-4-1-5-13-29)31-28(33)20-26-19-25-6-2-3-7-27(25)34-26/h2-3,6-9,18-19H,1,4-5,10-17,20H2,(H,31,33). The number of furan rings is 1. The van der Waals surface area contributed by atoms with Crippen molar-refractivity contribution < 1.29 is 9.21 Å². The molecule has 0 saturated heterocycles. The number of amides is 1. The van der Waals surface area contributed by atoms with Gasteiger partial charge in [-0.3, -0.25) is 4.79 Å². The van der Waals surface area contributed by atoms with Crippen molar-refractivity contribution in [1.29, 1.82) is 5.26 Å². The number of para-hydroxylation sites is 1. The minimum Gasteiger partial charge on any atom is -0.461 e. The van der Waals surface area contributed by atoms with E-state index in [9.17, 15) is 10.1 Å². The average molecular weight is 456 g/mol. The van der Waals surface area contributed by atoms with E-state index in [0.29, 0.717) is 0 Å². The molecule has 2 heterocycles. The number of hydrogen-bond acceptors (Lipinski definition) is 4. The third-order valence-corrected chi connectivity index (χ3v) is 7.66. The second-order valence-electron chi connectivity index (χ2n) is 10.0. The number of nitriles is 1. The summed E-state index contributed by atoms with van der Waals surface area (Å²) in [5.41, 5.74) is 4.15. The fraction of sp³-hybridized carbons (Fsp3) is 0.448. The molecule has 1 saturated carbocycles. The fourth-order valence-corrected chi connectivity index (χ4v) is 5.72. The van der Waals surface area contributed by atoms with Crippen molar-refractivity contribution in [2.45, 2.75) is 63.3 Å². The zero-order valence-corrected chi connectivity index (χ0v) is 19.8. The van der Waals surface area contributed by atoms with Crippen LogP contribution in [0.4, 0.5) is 0 Å². The maximum absolute atomic E-state index is 13.1. The Morgan fingerprint density at radius 3 is 2.62 bits per heavy atom. The molecule has 0 atom stereocenters. The lowest BCUT2D eigenvalue weighted by Gasteiger charge is -2.39. The van der Waals surface area contributed by atoms with Gasteiger partial charge in [-0.25, -0.2) is 0 Å².